The van der Waals surface area contributed by atoms with Crippen LogP contribution in [0.3, 0.4) is 0 Å². The zero-order chi connectivity index (χ0) is 13.1. The van der Waals surface area contributed by atoms with E-state index in [4.69, 9.17) is 5.73 Å². The molecule has 4 nitrogen and oxygen atoms in total. The molecule has 0 saturated heterocycles. The number of aromatic nitrogens is 1. The minimum Gasteiger partial charge on any atom is -0.397 e. The van der Waals surface area contributed by atoms with E-state index >= 15 is 0 Å². The predicted octanol–water partition coefficient (Wildman–Crippen LogP) is 2.48. The zero-order valence-corrected chi connectivity index (χ0v) is 9.98. The molecule has 3 N–H and O–H groups in total. The third-order valence-corrected chi connectivity index (χ3v) is 2.61. The molecule has 1 aromatic carbocycles. The fourth-order valence-corrected chi connectivity index (χ4v) is 1.73. The molecule has 0 spiro atoms. The topological polar surface area (TPSA) is 60.0 Å². The number of hydrogen-bond donors (Lipinski definition) is 2. The molecule has 2 rings (SSSR count). The van der Waals surface area contributed by atoms with Crippen molar-refractivity contribution in [3.05, 3.63) is 48.0 Å². The molecule has 0 unspecified atom stereocenters. The number of hydrogen-bond acceptors (Lipinski definition) is 2. The second-order valence-corrected chi connectivity index (χ2v) is 3.88. The quantitative estimate of drug-likeness (QED) is 0.875. The number of anilines is 2. The molecule has 2 aromatic rings. The number of benzene rings is 1. The summed E-state index contributed by atoms with van der Waals surface area (Å²) in [4.78, 5) is 12.0. The van der Waals surface area contributed by atoms with Gasteiger partial charge in [0.1, 0.15) is 11.5 Å². The molecule has 0 aliphatic rings. The van der Waals surface area contributed by atoms with Crippen LogP contribution < -0.4 is 11.1 Å². The van der Waals surface area contributed by atoms with Crippen molar-refractivity contribution in [2.45, 2.75) is 13.5 Å². The molecule has 5 heteroatoms. The van der Waals surface area contributed by atoms with Gasteiger partial charge in [0, 0.05) is 12.7 Å². The molecule has 1 aromatic heterocycles. The van der Waals surface area contributed by atoms with E-state index in [0.717, 1.165) is 0 Å². The Morgan fingerprint density at radius 1 is 1.44 bits per heavy atom. The largest absolute Gasteiger partial charge is 0.397 e. The number of nitrogen functional groups attached to an aromatic ring is 1. The van der Waals surface area contributed by atoms with Crippen molar-refractivity contribution in [1.29, 1.82) is 0 Å². The second kappa shape index (κ2) is 4.91. The standard InChI is InChI=1S/C13H14FN3O/c1-2-17-8-9(15)7-12(17)13(18)16-11-6-4-3-5-10(11)14/h3-8H,2,15H2,1H3,(H,16,18). The predicted molar refractivity (Wildman–Crippen MR) is 68.9 cm³/mol. The van der Waals surface area contributed by atoms with Crippen LogP contribution >= 0.6 is 0 Å². The normalized spacial score (nSPS) is 10.3. The number of halogens is 1. The van der Waals surface area contributed by atoms with E-state index in [0.29, 0.717) is 17.9 Å². The van der Waals surface area contributed by atoms with Gasteiger partial charge < -0.3 is 15.6 Å². The summed E-state index contributed by atoms with van der Waals surface area (Å²) in [7, 11) is 0. The zero-order valence-electron chi connectivity index (χ0n) is 9.98. The molecule has 0 saturated carbocycles. The molecule has 0 atom stereocenters. The van der Waals surface area contributed by atoms with Gasteiger partial charge in [0.25, 0.3) is 5.91 Å². The van der Waals surface area contributed by atoms with E-state index in [1.54, 1.807) is 29.0 Å². The molecular weight excluding hydrogens is 233 g/mol. The molecule has 0 radical (unpaired) electrons. The van der Waals surface area contributed by atoms with Crippen molar-refractivity contribution in [3.63, 3.8) is 0 Å². The maximum absolute atomic E-state index is 13.4. The van der Waals surface area contributed by atoms with Gasteiger partial charge in [0.15, 0.2) is 0 Å². The van der Waals surface area contributed by atoms with Gasteiger partial charge in [-0.1, -0.05) is 12.1 Å². The summed E-state index contributed by atoms with van der Waals surface area (Å²) in [6.07, 6.45) is 1.68. The summed E-state index contributed by atoms with van der Waals surface area (Å²) in [6, 6.07) is 7.60. The van der Waals surface area contributed by atoms with Crippen LogP contribution in [0.5, 0.6) is 0 Å². The highest BCUT2D eigenvalue weighted by Crippen LogP contribution is 2.16. The summed E-state index contributed by atoms with van der Waals surface area (Å²) < 4.78 is 15.1. The highest BCUT2D eigenvalue weighted by Gasteiger charge is 2.13. The number of nitrogens with zero attached hydrogens (tertiary/aromatic N) is 1. The Bertz CT molecular complexity index is 577. The highest BCUT2D eigenvalue weighted by molar-refractivity contribution is 6.03. The van der Waals surface area contributed by atoms with Crippen LogP contribution in [0.15, 0.2) is 36.5 Å². The number of para-hydroxylation sites is 1. The number of carbonyl (C=O) groups is 1. The number of aryl methyl sites for hydroxylation is 1. The van der Waals surface area contributed by atoms with Crippen LogP contribution in [-0.4, -0.2) is 10.5 Å². The maximum atomic E-state index is 13.4. The minimum atomic E-state index is -0.464. The Hall–Kier alpha value is -2.30. The average molecular weight is 247 g/mol. The number of rotatable bonds is 3. The van der Waals surface area contributed by atoms with E-state index in [1.165, 1.54) is 12.1 Å². The molecule has 0 aliphatic heterocycles. The van der Waals surface area contributed by atoms with Crippen LogP contribution in [0.1, 0.15) is 17.4 Å². The van der Waals surface area contributed by atoms with Crippen molar-refractivity contribution in [2.24, 2.45) is 0 Å². The highest BCUT2D eigenvalue weighted by atomic mass is 19.1. The third kappa shape index (κ3) is 2.34. The molecule has 94 valence electrons. The number of nitrogens with two attached hydrogens (primary N) is 1. The Balaban J connectivity index is 2.25. The lowest BCUT2D eigenvalue weighted by Crippen LogP contribution is -2.17. The van der Waals surface area contributed by atoms with Crippen molar-refractivity contribution in [1.82, 2.24) is 4.57 Å². The van der Waals surface area contributed by atoms with E-state index in [2.05, 4.69) is 5.32 Å². The SMILES string of the molecule is CCn1cc(N)cc1C(=O)Nc1ccccc1F. The molecular formula is C13H14FN3O. The third-order valence-electron chi connectivity index (χ3n) is 2.61. The van der Waals surface area contributed by atoms with Gasteiger partial charge in [0.2, 0.25) is 0 Å². The summed E-state index contributed by atoms with van der Waals surface area (Å²) in [6.45, 7) is 2.52. The monoisotopic (exact) mass is 247 g/mol. The first-order valence-corrected chi connectivity index (χ1v) is 5.63. The number of amides is 1. The molecule has 1 amide bonds. The van der Waals surface area contributed by atoms with Gasteiger partial charge in [-0.25, -0.2) is 4.39 Å². The van der Waals surface area contributed by atoms with Crippen LogP contribution in [0.4, 0.5) is 15.8 Å². The first-order valence-electron chi connectivity index (χ1n) is 5.63. The molecule has 0 fully saturated rings. The number of nitrogens with one attached hydrogen (secondary N) is 1. The van der Waals surface area contributed by atoms with Gasteiger partial charge in [-0.05, 0) is 25.1 Å². The summed E-state index contributed by atoms with van der Waals surface area (Å²) in [5.74, 6) is -0.841. The summed E-state index contributed by atoms with van der Waals surface area (Å²) >= 11 is 0. The summed E-state index contributed by atoms with van der Waals surface area (Å²) in [5, 5.41) is 2.52. The first-order chi connectivity index (χ1) is 8.61. The van der Waals surface area contributed by atoms with Gasteiger partial charge >= 0.3 is 0 Å². The average Bonchev–Trinajstić information content (AvgIpc) is 2.73. The van der Waals surface area contributed by atoms with Crippen molar-refractivity contribution >= 4 is 17.3 Å². The van der Waals surface area contributed by atoms with Crippen LogP contribution in [0, 0.1) is 5.82 Å². The molecule has 1 heterocycles. The van der Waals surface area contributed by atoms with Crippen molar-refractivity contribution in [2.75, 3.05) is 11.1 Å². The lowest BCUT2D eigenvalue weighted by atomic mass is 10.3. The molecule has 18 heavy (non-hydrogen) atoms. The Morgan fingerprint density at radius 3 is 2.83 bits per heavy atom. The molecule has 0 bridgehead atoms. The smallest absolute Gasteiger partial charge is 0.272 e. The Kier molecular flexibility index (Phi) is 3.32. The summed E-state index contributed by atoms with van der Waals surface area (Å²) in [5.41, 5.74) is 6.72. The fraction of sp³-hybridized carbons (Fsp3) is 0.154. The second-order valence-electron chi connectivity index (χ2n) is 3.88. The van der Waals surface area contributed by atoms with Crippen LogP contribution in [0.2, 0.25) is 0 Å². The Labute approximate surface area is 104 Å². The van der Waals surface area contributed by atoms with E-state index in [-0.39, 0.29) is 11.6 Å². The molecule has 0 aliphatic carbocycles. The van der Waals surface area contributed by atoms with Crippen molar-refractivity contribution in [3.8, 4) is 0 Å². The lowest BCUT2D eigenvalue weighted by Gasteiger charge is -2.08. The van der Waals surface area contributed by atoms with Crippen molar-refractivity contribution < 1.29 is 9.18 Å². The lowest BCUT2D eigenvalue weighted by molar-refractivity contribution is 0.101. The number of carbonyl (C=O) groups excluding carboxylic acids is 1. The van der Waals surface area contributed by atoms with Gasteiger partial charge in [-0.3, -0.25) is 4.79 Å². The fourth-order valence-electron chi connectivity index (χ4n) is 1.73. The first kappa shape index (κ1) is 12.2. The van der Waals surface area contributed by atoms with E-state index in [1.807, 2.05) is 6.92 Å². The minimum absolute atomic E-state index is 0.157. The van der Waals surface area contributed by atoms with E-state index < -0.39 is 5.82 Å². The van der Waals surface area contributed by atoms with E-state index in [9.17, 15) is 9.18 Å². The maximum Gasteiger partial charge on any atom is 0.272 e. The Morgan fingerprint density at radius 2 is 2.17 bits per heavy atom. The van der Waals surface area contributed by atoms with Gasteiger partial charge in [0.05, 0.1) is 11.4 Å². The van der Waals surface area contributed by atoms with Crippen LogP contribution in [-0.2, 0) is 6.54 Å². The van der Waals surface area contributed by atoms with Crippen LogP contribution in [0.25, 0.3) is 0 Å². The van der Waals surface area contributed by atoms with Gasteiger partial charge in [-0.15, -0.1) is 0 Å². The van der Waals surface area contributed by atoms with Gasteiger partial charge in [-0.2, -0.15) is 0 Å².